The summed E-state index contributed by atoms with van der Waals surface area (Å²) in [7, 11) is 0. The normalized spacial score (nSPS) is 11.4. The van der Waals surface area contributed by atoms with Crippen LogP contribution in [-0.4, -0.2) is 9.97 Å². The first-order valence-corrected chi connectivity index (χ1v) is 7.87. The Hall–Kier alpha value is -2.17. The zero-order valence-electron chi connectivity index (χ0n) is 11.5. The van der Waals surface area contributed by atoms with E-state index in [1.165, 1.54) is 15.6 Å². The molecule has 0 unspecified atom stereocenters. The molecule has 0 saturated carbocycles. The summed E-state index contributed by atoms with van der Waals surface area (Å²) in [5.41, 5.74) is 3.47. The van der Waals surface area contributed by atoms with Gasteiger partial charge in [0, 0.05) is 11.2 Å². The molecular weight excluding hydrogens is 278 g/mol. The Labute approximate surface area is 126 Å². The minimum atomic E-state index is 0.749. The average Bonchev–Trinajstić information content (AvgIpc) is 3.11. The molecule has 4 aromatic rings. The van der Waals surface area contributed by atoms with Crippen LogP contribution in [0, 0.1) is 0 Å². The van der Waals surface area contributed by atoms with Crippen LogP contribution in [0.15, 0.2) is 53.9 Å². The van der Waals surface area contributed by atoms with Gasteiger partial charge in [-0.05, 0) is 34.5 Å². The van der Waals surface area contributed by atoms with Crippen molar-refractivity contribution in [3.63, 3.8) is 0 Å². The maximum Gasteiger partial charge on any atom is 0.121 e. The second-order valence-corrected chi connectivity index (χ2v) is 5.97. The van der Waals surface area contributed by atoms with Crippen LogP contribution in [0.4, 0.5) is 0 Å². The van der Waals surface area contributed by atoms with E-state index in [1.807, 2.05) is 18.2 Å². The molecule has 0 aliphatic rings. The number of imidazole rings is 1. The average molecular weight is 293 g/mol. The van der Waals surface area contributed by atoms with Crippen molar-refractivity contribution in [1.82, 2.24) is 15.3 Å². The predicted octanol–water partition coefficient (Wildman–Crippen LogP) is 4.07. The van der Waals surface area contributed by atoms with Gasteiger partial charge < -0.3 is 10.3 Å². The fraction of sp³-hybridized carbons (Fsp3) is 0.118. The highest BCUT2D eigenvalue weighted by Gasteiger charge is 2.04. The Morgan fingerprint density at radius 3 is 2.81 bits per heavy atom. The molecule has 2 aromatic heterocycles. The third kappa shape index (κ3) is 2.44. The molecule has 3 nitrogen and oxygen atoms in total. The van der Waals surface area contributed by atoms with Gasteiger partial charge in [-0.1, -0.05) is 30.3 Å². The molecule has 0 amide bonds. The van der Waals surface area contributed by atoms with E-state index >= 15 is 0 Å². The zero-order chi connectivity index (χ0) is 14.1. The Bertz CT molecular complexity index is 858. The van der Waals surface area contributed by atoms with E-state index in [9.17, 15) is 0 Å². The van der Waals surface area contributed by atoms with Gasteiger partial charge in [-0.25, -0.2) is 4.98 Å². The maximum atomic E-state index is 4.58. The van der Waals surface area contributed by atoms with Crippen molar-refractivity contribution in [2.45, 2.75) is 13.1 Å². The van der Waals surface area contributed by atoms with E-state index in [4.69, 9.17) is 0 Å². The van der Waals surface area contributed by atoms with Crippen molar-refractivity contribution >= 4 is 32.5 Å². The molecule has 2 heterocycles. The first-order valence-electron chi connectivity index (χ1n) is 6.99. The molecule has 0 aliphatic carbocycles. The molecule has 4 rings (SSSR count). The lowest BCUT2D eigenvalue weighted by Gasteiger charge is -2.01. The second-order valence-electron chi connectivity index (χ2n) is 5.06. The van der Waals surface area contributed by atoms with Crippen molar-refractivity contribution in [1.29, 1.82) is 0 Å². The Morgan fingerprint density at radius 1 is 1.00 bits per heavy atom. The molecule has 0 atom stereocenters. The lowest BCUT2D eigenvalue weighted by molar-refractivity contribution is 0.674. The minimum Gasteiger partial charge on any atom is -0.341 e. The van der Waals surface area contributed by atoms with E-state index in [1.54, 1.807) is 11.3 Å². The largest absolute Gasteiger partial charge is 0.341 e. The second kappa shape index (κ2) is 5.31. The molecule has 0 bridgehead atoms. The monoisotopic (exact) mass is 293 g/mol. The lowest BCUT2D eigenvalue weighted by atomic mass is 10.2. The summed E-state index contributed by atoms with van der Waals surface area (Å²) in [4.78, 5) is 7.92. The van der Waals surface area contributed by atoms with Crippen LogP contribution >= 0.6 is 11.3 Å². The summed E-state index contributed by atoms with van der Waals surface area (Å²) >= 11 is 1.80. The first kappa shape index (κ1) is 12.6. The molecule has 21 heavy (non-hydrogen) atoms. The number of nitrogens with one attached hydrogen (secondary N) is 2. The predicted molar refractivity (Wildman–Crippen MR) is 88.5 cm³/mol. The van der Waals surface area contributed by atoms with Crippen LogP contribution in [0.25, 0.3) is 21.1 Å². The molecule has 0 saturated heterocycles. The standard InChI is InChI=1S/C17H15N3S/c1-4-8-16-13(5-1)12(11-21-16)9-18-10-17-19-14-6-2-3-7-15(14)20-17/h1-8,11,18H,9-10H2,(H,19,20). The van der Waals surface area contributed by atoms with Crippen LogP contribution < -0.4 is 5.32 Å². The van der Waals surface area contributed by atoms with Crippen molar-refractivity contribution in [2.75, 3.05) is 0 Å². The molecule has 0 fully saturated rings. The summed E-state index contributed by atoms with van der Waals surface area (Å²) in [6.07, 6.45) is 0. The minimum absolute atomic E-state index is 0.749. The molecule has 2 N–H and O–H groups in total. The number of aromatic nitrogens is 2. The van der Waals surface area contributed by atoms with Gasteiger partial charge in [0.25, 0.3) is 0 Å². The van der Waals surface area contributed by atoms with Crippen LogP contribution in [0.3, 0.4) is 0 Å². The van der Waals surface area contributed by atoms with Gasteiger partial charge in [0.2, 0.25) is 0 Å². The van der Waals surface area contributed by atoms with E-state index in [2.05, 4.69) is 51.0 Å². The summed E-state index contributed by atoms with van der Waals surface area (Å²) in [6.45, 7) is 1.61. The fourth-order valence-corrected chi connectivity index (χ4v) is 3.54. The molecule has 4 heteroatoms. The molecule has 2 aromatic carbocycles. The van der Waals surface area contributed by atoms with Crippen molar-refractivity contribution in [2.24, 2.45) is 0 Å². The Balaban J connectivity index is 1.47. The third-order valence-corrected chi connectivity index (χ3v) is 4.62. The third-order valence-electron chi connectivity index (χ3n) is 3.61. The van der Waals surface area contributed by atoms with Gasteiger partial charge >= 0.3 is 0 Å². The van der Waals surface area contributed by atoms with E-state index in [-0.39, 0.29) is 0 Å². The fourth-order valence-electron chi connectivity index (χ4n) is 2.57. The van der Waals surface area contributed by atoms with Crippen LogP contribution in [0.2, 0.25) is 0 Å². The number of fused-ring (bicyclic) bond motifs is 2. The SMILES string of the molecule is c1ccc2[nH]c(CNCc3csc4ccccc34)nc2c1. The van der Waals surface area contributed by atoms with Crippen molar-refractivity contribution in [3.05, 3.63) is 65.3 Å². The van der Waals surface area contributed by atoms with Gasteiger partial charge in [-0.2, -0.15) is 0 Å². The van der Waals surface area contributed by atoms with Crippen LogP contribution in [0.5, 0.6) is 0 Å². The zero-order valence-corrected chi connectivity index (χ0v) is 12.3. The number of benzene rings is 2. The molecule has 0 spiro atoms. The van der Waals surface area contributed by atoms with Crippen LogP contribution in [0.1, 0.15) is 11.4 Å². The van der Waals surface area contributed by atoms with E-state index in [0.717, 1.165) is 29.9 Å². The first-order chi connectivity index (χ1) is 10.4. The number of hydrogen-bond acceptors (Lipinski definition) is 3. The van der Waals surface area contributed by atoms with Crippen molar-refractivity contribution < 1.29 is 0 Å². The summed E-state index contributed by atoms with van der Waals surface area (Å²) < 4.78 is 1.35. The highest BCUT2D eigenvalue weighted by molar-refractivity contribution is 7.17. The number of nitrogens with zero attached hydrogens (tertiary/aromatic N) is 1. The summed E-state index contributed by atoms with van der Waals surface area (Å²) in [5, 5.41) is 7.05. The smallest absolute Gasteiger partial charge is 0.121 e. The van der Waals surface area contributed by atoms with Gasteiger partial charge in [0.1, 0.15) is 5.82 Å². The van der Waals surface area contributed by atoms with Crippen molar-refractivity contribution in [3.8, 4) is 0 Å². The number of H-pyrrole nitrogens is 1. The molecular formula is C17H15N3S. The number of hydrogen-bond donors (Lipinski definition) is 2. The highest BCUT2D eigenvalue weighted by atomic mass is 32.1. The Morgan fingerprint density at radius 2 is 1.86 bits per heavy atom. The number of thiophene rings is 1. The molecule has 0 radical (unpaired) electrons. The number of para-hydroxylation sites is 2. The quantitative estimate of drug-likeness (QED) is 0.595. The van der Waals surface area contributed by atoms with Crippen LogP contribution in [-0.2, 0) is 13.1 Å². The number of rotatable bonds is 4. The topological polar surface area (TPSA) is 40.7 Å². The lowest BCUT2D eigenvalue weighted by Crippen LogP contribution is -2.13. The molecule has 104 valence electrons. The number of aromatic amines is 1. The summed E-state index contributed by atoms with van der Waals surface area (Å²) in [6, 6.07) is 16.7. The van der Waals surface area contributed by atoms with E-state index < -0.39 is 0 Å². The molecule has 0 aliphatic heterocycles. The van der Waals surface area contributed by atoms with Gasteiger partial charge in [-0.15, -0.1) is 11.3 Å². The summed E-state index contributed by atoms with van der Waals surface area (Å²) in [5.74, 6) is 0.982. The van der Waals surface area contributed by atoms with E-state index in [0.29, 0.717) is 0 Å². The van der Waals surface area contributed by atoms with Gasteiger partial charge in [0.05, 0.1) is 17.6 Å². The maximum absolute atomic E-state index is 4.58. The Kier molecular flexibility index (Phi) is 3.18. The van der Waals surface area contributed by atoms with Gasteiger partial charge in [-0.3, -0.25) is 0 Å². The van der Waals surface area contributed by atoms with Gasteiger partial charge in [0.15, 0.2) is 0 Å². The highest BCUT2D eigenvalue weighted by Crippen LogP contribution is 2.25.